The zero-order valence-electron chi connectivity index (χ0n) is 7.74. The highest BCUT2D eigenvalue weighted by molar-refractivity contribution is 5.14. The van der Waals surface area contributed by atoms with Gasteiger partial charge in [0.1, 0.15) is 0 Å². The molecule has 0 aliphatic heterocycles. The predicted molar refractivity (Wildman–Crippen MR) is 47.6 cm³/mol. The van der Waals surface area contributed by atoms with E-state index in [2.05, 4.69) is 6.07 Å². The first-order valence-corrected chi connectivity index (χ1v) is 5.35. The molecule has 3 aliphatic carbocycles. The second-order valence-electron chi connectivity index (χ2n) is 5.28. The topological polar surface area (TPSA) is 44.0 Å². The number of aliphatic hydroxyl groups is 1. The molecule has 13 heavy (non-hydrogen) atoms. The van der Waals surface area contributed by atoms with Gasteiger partial charge in [-0.3, -0.25) is 0 Å². The van der Waals surface area contributed by atoms with Crippen molar-refractivity contribution < 1.29 is 5.11 Å². The van der Waals surface area contributed by atoms with Crippen LogP contribution in [0.4, 0.5) is 0 Å². The Morgan fingerprint density at radius 3 is 2.69 bits per heavy atom. The first kappa shape index (κ1) is 7.82. The van der Waals surface area contributed by atoms with Crippen LogP contribution in [0.2, 0.25) is 0 Å². The number of fused-ring (bicyclic) bond motifs is 2. The minimum absolute atomic E-state index is 0.307. The highest BCUT2D eigenvalue weighted by Gasteiger charge is 2.55. The molecule has 3 rings (SSSR count). The van der Waals surface area contributed by atoms with E-state index >= 15 is 0 Å². The SMILES string of the molecule is N#C[C@]1([18OH])C[C@H]2C[C@@H]3C[C@H](C2)[C@@H]1C3. The predicted octanol–water partition coefficient (Wildman–Crippen LogP) is 1.70. The summed E-state index contributed by atoms with van der Waals surface area (Å²) in [6.45, 7) is 0. The second-order valence-corrected chi connectivity index (χ2v) is 5.28. The van der Waals surface area contributed by atoms with E-state index in [0.29, 0.717) is 17.8 Å². The summed E-state index contributed by atoms with van der Waals surface area (Å²) >= 11 is 0. The zero-order chi connectivity index (χ0) is 9.05. The number of hydrogen-bond acceptors (Lipinski definition) is 2. The lowest BCUT2D eigenvalue weighted by Crippen LogP contribution is -2.44. The summed E-state index contributed by atoms with van der Waals surface area (Å²) in [5, 5.41) is 19.2. The molecule has 0 amide bonds. The van der Waals surface area contributed by atoms with Crippen LogP contribution in [0, 0.1) is 35.0 Å². The van der Waals surface area contributed by atoms with Crippen molar-refractivity contribution in [1.82, 2.24) is 0 Å². The van der Waals surface area contributed by atoms with Crippen molar-refractivity contribution in [2.75, 3.05) is 0 Å². The van der Waals surface area contributed by atoms with Crippen molar-refractivity contribution >= 4 is 0 Å². The molecule has 0 aromatic carbocycles. The van der Waals surface area contributed by atoms with Gasteiger partial charge in [0.15, 0.2) is 5.60 Å². The third-order valence-corrected chi connectivity index (χ3v) is 4.50. The van der Waals surface area contributed by atoms with Crippen LogP contribution in [0.5, 0.6) is 0 Å². The van der Waals surface area contributed by atoms with Gasteiger partial charge in [0.05, 0.1) is 6.07 Å². The summed E-state index contributed by atoms with van der Waals surface area (Å²) < 4.78 is 0. The van der Waals surface area contributed by atoms with Crippen molar-refractivity contribution in [2.45, 2.75) is 37.7 Å². The Bertz CT molecular complexity index is 280. The average Bonchev–Trinajstić information content (AvgIpc) is 2.36. The van der Waals surface area contributed by atoms with Gasteiger partial charge in [-0.1, -0.05) is 0 Å². The van der Waals surface area contributed by atoms with Crippen molar-refractivity contribution in [2.24, 2.45) is 23.7 Å². The van der Waals surface area contributed by atoms with Crippen LogP contribution in [0.25, 0.3) is 0 Å². The third kappa shape index (κ3) is 0.914. The first-order chi connectivity index (χ1) is 6.21. The van der Waals surface area contributed by atoms with E-state index in [0.717, 1.165) is 18.8 Å². The minimum atomic E-state index is -0.959. The molecule has 3 fully saturated rings. The summed E-state index contributed by atoms with van der Waals surface area (Å²) in [6, 6.07) is 2.16. The Balaban J connectivity index is 2.01. The fraction of sp³-hybridized carbons (Fsp3) is 0.909. The largest absolute Gasteiger partial charge is 0.375 e. The van der Waals surface area contributed by atoms with E-state index in [1.54, 1.807) is 0 Å². The van der Waals surface area contributed by atoms with Gasteiger partial charge in [0, 0.05) is 5.92 Å². The minimum Gasteiger partial charge on any atom is -0.375 e. The number of rotatable bonds is 0. The summed E-state index contributed by atoms with van der Waals surface area (Å²) in [5.74, 6) is 2.45. The summed E-state index contributed by atoms with van der Waals surface area (Å²) in [5.41, 5.74) is -0.959. The zero-order valence-corrected chi connectivity index (χ0v) is 7.74. The lowest BCUT2D eigenvalue weighted by Gasteiger charge is -2.41. The maximum absolute atomic E-state index is 10.2. The molecule has 5 atom stereocenters. The standard InChI is InChI=1S/C11H15NO/c12-6-11(13)5-8-1-7-2-9(3-8)10(11)4-7/h7-10,13H,1-5H2/t7-,8+,9-,10+,11-/m1/s1/i13+2. The maximum atomic E-state index is 10.2. The Labute approximate surface area is 78.6 Å². The van der Waals surface area contributed by atoms with Gasteiger partial charge in [0.2, 0.25) is 0 Å². The van der Waals surface area contributed by atoms with Crippen LogP contribution in [0.3, 0.4) is 0 Å². The van der Waals surface area contributed by atoms with Crippen molar-refractivity contribution in [1.29, 1.82) is 5.26 Å². The van der Waals surface area contributed by atoms with E-state index in [-0.39, 0.29) is 0 Å². The summed E-state index contributed by atoms with van der Waals surface area (Å²) in [7, 11) is 0. The Morgan fingerprint density at radius 1 is 1.15 bits per heavy atom. The van der Waals surface area contributed by atoms with E-state index in [1.807, 2.05) is 0 Å². The van der Waals surface area contributed by atoms with Crippen LogP contribution < -0.4 is 0 Å². The third-order valence-electron chi connectivity index (χ3n) is 4.50. The molecule has 0 aromatic heterocycles. The normalized spacial score (nSPS) is 57.8. The highest BCUT2D eigenvalue weighted by Crippen LogP contribution is 2.58. The smallest absolute Gasteiger partial charge is 0.154 e. The maximum Gasteiger partial charge on any atom is 0.154 e. The molecule has 2 heteroatoms. The average molecular weight is 179 g/mol. The molecule has 0 spiro atoms. The molecule has 2 nitrogen and oxygen atoms in total. The summed E-state index contributed by atoms with van der Waals surface area (Å²) in [4.78, 5) is 0. The van der Waals surface area contributed by atoms with Gasteiger partial charge in [-0.25, -0.2) is 0 Å². The number of nitriles is 1. The molecule has 0 unspecified atom stereocenters. The van der Waals surface area contributed by atoms with Gasteiger partial charge in [0.25, 0.3) is 0 Å². The van der Waals surface area contributed by atoms with Crippen LogP contribution in [0.15, 0.2) is 0 Å². The molecule has 0 aromatic rings. The fourth-order valence-electron chi connectivity index (χ4n) is 4.16. The van der Waals surface area contributed by atoms with Gasteiger partial charge in [-0.15, -0.1) is 0 Å². The molecular weight excluding hydrogens is 164 g/mol. The van der Waals surface area contributed by atoms with Crippen LogP contribution in [0.1, 0.15) is 32.1 Å². The van der Waals surface area contributed by atoms with Crippen molar-refractivity contribution in [3.63, 3.8) is 0 Å². The van der Waals surface area contributed by atoms with Gasteiger partial charge in [-0.05, 0) is 49.9 Å². The van der Waals surface area contributed by atoms with Gasteiger partial charge < -0.3 is 5.11 Å². The Hall–Kier alpha value is -0.550. The monoisotopic (exact) mass is 179 g/mol. The lowest BCUT2D eigenvalue weighted by atomic mass is 9.66. The highest BCUT2D eigenvalue weighted by atomic mass is 18.2. The van der Waals surface area contributed by atoms with Crippen molar-refractivity contribution in [3.8, 4) is 6.07 Å². The quantitative estimate of drug-likeness (QED) is 0.454. The molecule has 0 radical (unpaired) electrons. The number of hydrogen-bond donors (Lipinski definition) is 1. The summed E-state index contributed by atoms with van der Waals surface area (Å²) in [6.07, 6.45) is 5.71. The Morgan fingerprint density at radius 2 is 1.92 bits per heavy atom. The number of nitrogens with zero attached hydrogens (tertiary/aromatic N) is 1. The van der Waals surface area contributed by atoms with Crippen LogP contribution >= 0.6 is 0 Å². The lowest BCUT2D eigenvalue weighted by molar-refractivity contribution is -0.0367. The molecule has 3 bridgehead atoms. The molecule has 0 saturated heterocycles. The first-order valence-electron chi connectivity index (χ1n) is 5.35. The van der Waals surface area contributed by atoms with E-state index in [4.69, 9.17) is 5.26 Å². The fourth-order valence-corrected chi connectivity index (χ4v) is 4.16. The molecule has 1 N–H and O–H groups in total. The van der Waals surface area contributed by atoms with Gasteiger partial charge in [-0.2, -0.15) is 5.26 Å². The second kappa shape index (κ2) is 2.27. The van der Waals surface area contributed by atoms with E-state index < -0.39 is 5.60 Å². The molecule has 3 aliphatic rings. The van der Waals surface area contributed by atoms with Crippen molar-refractivity contribution in [3.05, 3.63) is 0 Å². The molecule has 70 valence electrons. The molecule has 3 saturated carbocycles. The van der Waals surface area contributed by atoms with Crippen LogP contribution in [-0.4, -0.2) is 10.7 Å². The van der Waals surface area contributed by atoms with Gasteiger partial charge >= 0.3 is 0 Å². The van der Waals surface area contributed by atoms with E-state index in [1.165, 1.54) is 19.3 Å². The Kier molecular flexibility index (Phi) is 1.37. The van der Waals surface area contributed by atoms with Crippen LogP contribution in [-0.2, 0) is 0 Å². The van der Waals surface area contributed by atoms with E-state index in [9.17, 15) is 5.11 Å². The molecule has 0 heterocycles. The molecular formula is C11H15NO.